The normalized spacial score (nSPS) is 11.1. The highest BCUT2D eigenvalue weighted by Crippen LogP contribution is 2.21. The summed E-state index contributed by atoms with van der Waals surface area (Å²) in [5.41, 5.74) is 3.90. The summed E-state index contributed by atoms with van der Waals surface area (Å²) < 4.78 is 1.70. The summed E-state index contributed by atoms with van der Waals surface area (Å²) in [5.74, 6) is 1.25. The third-order valence-electron chi connectivity index (χ3n) is 3.41. The number of nitrogens with one attached hydrogen (secondary N) is 1. The predicted octanol–water partition coefficient (Wildman–Crippen LogP) is 2.51. The van der Waals surface area contributed by atoms with E-state index in [-0.39, 0.29) is 0 Å². The molecule has 0 radical (unpaired) electrons. The fourth-order valence-electron chi connectivity index (χ4n) is 2.36. The number of tetrazole rings is 1. The monoisotopic (exact) mass is 276 g/mol. The van der Waals surface area contributed by atoms with Crippen LogP contribution in [0.3, 0.4) is 0 Å². The first kappa shape index (κ1) is 11.8. The van der Waals surface area contributed by atoms with Crippen LogP contribution in [0.1, 0.15) is 5.56 Å². The zero-order valence-electron chi connectivity index (χ0n) is 11.4. The molecule has 6 nitrogen and oxygen atoms in total. The highest BCUT2D eigenvalue weighted by atomic mass is 15.5. The van der Waals surface area contributed by atoms with Gasteiger partial charge < -0.3 is 4.98 Å². The van der Waals surface area contributed by atoms with Gasteiger partial charge in [-0.1, -0.05) is 30.3 Å². The molecular formula is C15H12N6. The molecule has 0 amide bonds. The maximum absolute atomic E-state index is 4.55. The molecular weight excluding hydrogens is 264 g/mol. The van der Waals surface area contributed by atoms with Crippen molar-refractivity contribution in [3.63, 3.8) is 0 Å². The van der Waals surface area contributed by atoms with Crippen LogP contribution in [-0.4, -0.2) is 30.2 Å². The molecule has 0 saturated heterocycles. The highest BCUT2D eigenvalue weighted by Gasteiger charge is 2.15. The van der Waals surface area contributed by atoms with E-state index in [1.54, 1.807) is 4.68 Å². The van der Waals surface area contributed by atoms with Gasteiger partial charge in [0.15, 0.2) is 5.82 Å². The third-order valence-corrected chi connectivity index (χ3v) is 3.41. The first-order valence-electron chi connectivity index (χ1n) is 6.62. The Morgan fingerprint density at radius 2 is 1.81 bits per heavy atom. The number of hydrogen-bond acceptors (Lipinski definition) is 4. The summed E-state index contributed by atoms with van der Waals surface area (Å²) in [6.07, 6.45) is 0. The molecule has 2 aromatic carbocycles. The second kappa shape index (κ2) is 4.52. The molecule has 4 rings (SSSR count). The van der Waals surface area contributed by atoms with Gasteiger partial charge in [-0.15, -0.1) is 5.10 Å². The molecule has 21 heavy (non-hydrogen) atoms. The minimum Gasteiger partial charge on any atom is -0.335 e. The molecule has 0 atom stereocenters. The molecule has 102 valence electrons. The Kier molecular flexibility index (Phi) is 2.53. The van der Waals surface area contributed by atoms with Gasteiger partial charge in [-0.3, -0.25) is 0 Å². The van der Waals surface area contributed by atoms with Crippen LogP contribution in [-0.2, 0) is 0 Å². The molecule has 0 aliphatic carbocycles. The minimum atomic E-state index is 0.598. The number of imidazole rings is 1. The van der Waals surface area contributed by atoms with Crippen LogP contribution in [0.25, 0.3) is 28.4 Å². The molecule has 4 aromatic rings. The first-order valence-corrected chi connectivity index (χ1v) is 6.62. The maximum atomic E-state index is 4.55. The Morgan fingerprint density at radius 3 is 2.67 bits per heavy atom. The van der Waals surface area contributed by atoms with Gasteiger partial charge in [0.2, 0.25) is 5.82 Å². The van der Waals surface area contributed by atoms with E-state index in [1.807, 2.05) is 55.5 Å². The first-order chi connectivity index (χ1) is 10.3. The topological polar surface area (TPSA) is 72.3 Å². The van der Waals surface area contributed by atoms with Crippen molar-refractivity contribution in [2.45, 2.75) is 6.92 Å². The molecule has 0 aliphatic heterocycles. The molecule has 2 heterocycles. The molecule has 2 aromatic heterocycles. The number of aromatic nitrogens is 6. The van der Waals surface area contributed by atoms with Gasteiger partial charge in [-0.05, 0) is 41.1 Å². The number of hydrogen-bond donors (Lipinski definition) is 1. The highest BCUT2D eigenvalue weighted by molar-refractivity contribution is 5.78. The second-order valence-electron chi connectivity index (χ2n) is 4.80. The zero-order valence-corrected chi connectivity index (χ0v) is 11.4. The molecule has 0 saturated carbocycles. The summed E-state index contributed by atoms with van der Waals surface area (Å²) in [6.45, 7) is 2.03. The number of benzene rings is 2. The van der Waals surface area contributed by atoms with Crippen molar-refractivity contribution in [2.24, 2.45) is 0 Å². The largest absolute Gasteiger partial charge is 0.335 e. The van der Waals surface area contributed by atoms with Crippen LogP contribution >= 0.6 is 0 Å². The number of fused-ring (bicyclic) bond motifs is 1. The van der Waals surface area contributed by atoms with Gasteiger partial charge in [0.25, 0.3) is 0 Å². The lowest BCUT2D eigenvalue weighted by Gasteiger charge is -2.05. The second-order valence-corrected chi connectivity index (χ2v) is 4.80. The summed E-state index contributed by atoms with van der Waals surface area (Å²) in [4.78, 5) is 7.81. The van der Waals surface area contributed by atoms with E-state index in [1.165, 1.54) is 0 Å². The lowest BCUT2D eigenvalue weighted by atomic mass is 10.2. The van der Waals surface area contributed by atoms with Gasteiger partial charge in [-0.2, -0.15) is 4.68 Å². The standard InChI is InChI=1S/C15H12N6/c1-10-6-2-5-9-13(10)21-15(18-19-20-21)14-16-11-7-3-4-8-12(11)17-14/h2-9H,1H3,(H,16,17). The van der Waals surface area contributed by atoms with E-state index >= 15 is 0 Å². The van der Waals surface area contributed by atoms with Crippen LogP contribution in [0, 0.1) is 6.92 Å². The molecule has 0 bridgehead atoms. The van der Waals surface area contributed by atoms with E-state index in [2.05, 4.69) is 25.5 Å². The van der Waals surface area contributed by atoms with E-state index in [9.17, 15) is 0 Å². The molecule has 0 unspecified atom stereocenters. The SMILES string of the molecule is Cc1ccccc1-n1nnnc1-c1nc2ccccc2[nH]1. The van der Waals surface area contributed by atoms with E-state index in [4.69, 9.17) is 0 Å². The molecule has 0 aliphatic rings. The van der Waals surface area contributed by atoms with Crippen LogP contribution in [0.4, 0.5) is 0 Å². The number of H-pyrrole nitrogens is 1. The van der Waals surface area contributed by atoms with Crippen molar-refractivity contribution >= 4 is 11.0 Å². The van der Waals surface area contributed by atoms with Crippen molar-refractivity contribution in [1.82, 2.24) is 30.2 Å². The quantitative estimate of drug-likeness (QED) is 0.610. The number of rotatable bonds is 2. The van der Waals surface area contributed by atoms with Crippen molar-refractivity contribution in [1.29, 1.82) is 0 Å². The number of aryl methyl sites for hydroxylation is 1. The van der Waals surface area contributed by atoms with E-state index < -0.39 is 0 Å². The minimum absolute atomic E-state index is 0.598. The number of aromatic amines is 1. The Balaban J connectivity index is 1.91. The average molecular weight is 276 g/mol. The molecule has 1 N–H and O–H groups in total. The zero-order chi connectivity index (χ0) is 14.2. The smallest absolute Gasteiger partial charge is 0.222 e. The Morgan fingerprint density at radius 1 is 1.00 bits per heavy atom. The van der Waals surface area contributed by atoms with Gasteiger partial charge in [0, 0.05) is 0 Å². The van der Waals surface area contributed by atoms with E-state index in [0.29, 0.717) is 11.6 Å². The van der Waals surface area contributed by atoms with Crippen molar-refractivity contribution < 1.29 is 0 Å². The van der Waals surface area contributed by atoms with Crippen LogP contribution in [0.2, 0.25) is 0 Å². The van der Waals surface area contributed by atoms with Gasteiger partial charge in [0.05, 0.1) is 16.7 Å². The average Bonchev–Trinajstić information content (AvgIpc) is 3.13. The summed E-state index contributed by atoms with van der Waals surface area (Å²) in [6, 6.07) is 15.8. The van der Waals surface area contributed by atoms with Crippen molar-refractivity contribution in [2.75, 3.05) is 0 Å². The fraction of sp³-hybridized carbons (Fsp3) is 0.0667. The van der Waals surface area contributed by atoms with Crippen LogP contribution in [0.15, 0.2) is 48.5 Å². The maximum Gasteiger partial charge on any atom is 0.222 e. The van der Waals surface area contributed by atoms with E-state index in [0.717, 1.165) is 22.3 Å². The van der Waals surface area contributed by atoms with Crippen molar-refractivity contribution in [3.05, 3.63) is 54.1 Å². The van der Waals surface area contributed by atoms with Crippen LogP contribution < -0.4 is 0 Å². The Labute approximate surface area is 120 Å². The van der Waals surface area contributed by atoms with Gasteiger partial charge >= 0.3 is 0 Å². The Bertz CT molecular complexity index is 887. The molecule has 0 fully saturated rings. The van der Waals surface area contributed by atoms with Crippen molar-refractivity contribution in [3.8, 4) is 17.3 Å². The number of nitrogens with zero attached hydrogens (tertiary/aromatic N) is 5. The predicted molar refractivity (Wildman–Crippen MR) is 79.0 cm³/mol. The van der Waals surface area contributed by atoms with Gasteiger partial charge in [-0.25, -0.2) is 4.98 Å². The lowest BCUT2D eigenvalue weighted by Crippen LogP contribution is -2.02. The van der Waals surface area contributed by atoms with Crippen LogP contribution in [0.5, 0.6) is 0 Å². The summed E-state index contributed by atoms with van der Waals surface area (Å²) in [5, 5.41) is 12.0. The number of para-hydroxylation sites is 3. The third kappa shape index (κ3) is 1.88. The van der Waals surface area contributed by atoms with Gasteiger partial charge in [0.1, 0.15) is 0 Å². The lowest BCUT2D eigenvalue weighted by molar-refractivity contribution is 0.786. The molecule has 0 spiro atoms. The summed E-state index contributed by atoms with van der Waals surface area (Å²) >= 11 is 0. The Hall–Kier alpha value is -3.02. The molecule has 6 heteroatoms. The summed E-state index contributed by atoms with van der Waals surface area (Å²) in [7, 11) is 0. The fourth-order valence-corrected chi connectivity index (χ4v) is 2.36.